The van der Waals surface area contributed by atoms with Gasteiger partial charge in [-0.3, -0.25) is 0 Å². The van der Waals surface area contributed by atoms with Crippen molar-refractivity contribution < 1.29 is 8.42 Å². The van der Waals surface area contributed by atoms with Crippen LogP contribution in [0.1, 0.15) is 36.7 Å². The first-order valence-electron chi connectivity index (χ1n) is 7.32. The zero-order valence-electron chi connectivity index (χ0n) is 12.4. The van der Waals surface area contributed by atoms with Crippen molar-refractivity contribution in [3.63, 3.8) is 0 Å². The lowest BCUT2D eigenvalue weighted by Gasteiger charge is -2.28. The predicted octanol–water partition coefficient (Wildman–Crippen LogP) is 1.53. The number of fused-ring (bicyclic) bond motifs is 3. The largest absolute Gasteiger partial charge is 0.237 e. The van der Waals surface area contributed by atoms with Crippen molar-refractivity contribution >= 4 is 15.7 Å². The summed E-state index contributed by atoms with van der Waals surface area (Å²) in [5.74, 6) is 0.232. The van der Waals surface area contributed by atoms with E-state index in [-0.39, 0.29) is 5.75 Å². The summed E-state index contributed by atoms with van der Waals surface area (Å²) >= 11 is 0. The first-order valence-corrected chi connectivity index (χ1v) is 8.93. The Bertz CT molecular complexity index is 767. The van der Waals surface area contributed by atoms with Crippen LogP contribution in [-0.4, -0.2) is 39.6 Å². The molecule has 0 atom stereocenters. The van der Waals surface area contributed by atoms with Crippen molar-refractivity contribution in [2.45, 2.75) is 39.7 Å². The van der Waals surface area contributed by atoms with Gasteiger partial charge in [-0.1, -0.05) is 13.3 Å². The summed E-state index contributed by atoms with van der Waals surface area (Å²) in [7, 11) is -3.16. The van der Waals surface area contributed by atoms with E-state index in [0.717, 1.165) is 29.0 Å². The zero-order chi connectivity index (χ0) is 15.0. The van der Waals surface area contributed by atoms with E-state index in [4.69, 9.17) is 0 Å². The molecular formula is C14H20N4O2S. The molecule has 0 amide bonds. The van der Waals surface area contributed by atoms with Crippen LogP contribution in [0.3, 0.4) is 0 Å². The summed E-state index contributed by atoms with van der Waals surface area (Å²) in [5.41, 5.74) is 3.79. The van der Waals surface area contributed by atoms with Crippen LogP contribution in [0.15, 0.2) is 12.3 Å². The van der Waals surface area contributed by atoms with Gasteiger partial charge in [-0.25, -0.2) is 17.9 Å². The normalized spacial score (nSPS) is 16.3. The topological polar surface area (TPSA) is 67.6 Å². The molecule has 0 radical (unpaired) electrons. The molecule has 3 heterocycles. The molecule has 21 heavy (non-hydrogen) atoms. The van der Waals surface area contributed by atoms with Crippen LogP contribution in [0, 0.1) is 6.92 Å². The summed E-state index contributed by atoms with van der Waals surface area (Å²) in [6.07, 6.45) is 4.06. The van der Waals surface area contributed by atoms with E-state index in [9.17, 15) is 8.42 Å². The quantitative estimate of drug-likeness (QED) is 0.859. The molecule has 0 aliphatic carbocycles. The smallest absolute Gasteiger partial charge is 0.214 e. The summed E-state index contributed by atoms with van der Waals surface area (Å²) in [6.45, 7) is 4.87. The van der Waals surface area contributed by atoms with Gasteiger partial charge < -0.3 is 0 Å². The highest BCUT2D eigenvalue weighted by atomic mass is 32.2. The lowest BCUT2D eigenvalue weighted by atomic mass is 10.1. The maximum absolute atomic E-state index is 12.3. The molecule has 3 rings (SSSR count). The monoisotopic (exact) mass is 308 g/mol. The van der Waals surface area contributed by atoms with E-state index in [0.29, 0.717) is 25.9 Å². The standard InChI is InChI=1S/C14H20N4O2S/c1-3-4-7-21(19,20)17-6-5-13-12(10-17)9-15-14-8-11(2)16-18(13)14/h8-9H,3-7,10H2,1-2H3. The number of hydrogen-bond donors (Lipinski definition) is 0. The van der Waals surface area contributed by atoms with Crippen molar-refractivity contribution in [3.8, 4) is 0 Å². The van der Waals surface area contributed by atoms with Gasteiger partial charge in [0.05, 0.1) is 17.1 Å². The van der Waals surface area contributed by atoms with Gasteiger partial charge in [0.2, 0.25) is 10.0 Å². The number of sulfonamides is 1. The molecule has 0 aromatic carbocycles. The van der Waals surface area contributed by atoms with Gasteiger partial charge in [-0.2, -0.15) is 9.40 Å². The van der Waals surface area contributed by atoms with Gasteiger partial charge in [0.15, 0.2) is 5.65 Å². The number of unbranched alkanes of at least 4 members (excludes halogenated alkanes) is 1. The summed E-state index contributed by atoms with van der Waals surface area (Å²) < 4.78 is 28.0. The molecule has 0 fully saturated rings. The van der Waals surface area contributed by atoms with Crippen LogP contribution in [-0.2, 0) is 23.0 Å². The molecule has 0 saturated heterocycles. The first kappa shape index (κ1) is 14.5. The highest BCUT2D eigenvalue weighted by molar-refractivity contribution is 7.89. The van der Waals surface area contributed by atoms with E-state index in [1.165, 1.54) is 0 Å². The lowest BCUT2D eigenvalue weighted by molar-refractivity contribution is 0.383. The SMILES string of the molecule is CCCCS(=O)(=O)N1CCc2c(cnc3cc(C)nn23)C1. The maximum atomic E-state index is 12.3. The number of rotatable bonds is 4. The van der Waals surface area contributed by atoms with Gasteiger partial charge in [0, 0.05) is 37.3 Å². The molecule has 0 N–H and O–H groups in total. The second-order valence-electron chi connectivity index (χ2n) is 5.54. The minimum Gasteiger partial charge on any atom is -0.237 e. The average molecular weight is 308 g/mol. The molecule has 1 aliphatic heterocycles. The molecule has 0 saturated carbocycles. The summed E-state index contributed by atoms with van der Waals surface area (Å²) in [4.78, 5) is 4.37. The second-order valence-corrected chi connectivity index (χ2v) is 7.63. The van der Waals surface area contributed by atoms with E-state index in [1.54, 1.807) is 10.5 Å². The zero-order valence-corrected chi connectivity index (χ0v) is 13.2. The molecule has 114 valence electrons. The van der Waals surface area contributed by atoms with Gasteiger partial charge in [-0.05, 0) is 13.3 Å². The van der Waals surface area contributed by atoms with E-state index < -0.39 is 10.0 Å². The Morgan fingerprint density at radius 1 is 1.38 bits per heavy atom. The Balaban J connectivity index is 1.91. The predicted molar refractivity (Wildman–Crippen MR) is 80.5 cm³/mol. The number of aryl methyl sites for hydroxylation is 1. The summed E-state index contributed by atoms with van der Waals surface area (Å²) in [5, 5.41) is 4.45. The van der Waals surface area contributed by atoms with Crippen molar-refractivity contribution in [2.75, 3.05) is 12.3 Å². The first-order chi connectivity index (χ1) is 10.0. The van der Waals surface area contributed by atoms with Crippen LogP contribution >= 0.6 is 0 Å². The Morgan fingerprint density at radius 3 is 2.95 bits per heavy atom. The third-order valence-corrected chi connectivity index (χ3v) is 5.79. The molecular weight excluding hydrogens is 288 g/mol. The van der Waals surface area contributed by atoms with E-state index in [1.807, 2.05) is 24.4 Å². The van der Waals surface area contributed by atoms with Gasteiger partial charge in [-0.15, -0.1) is 0 Å². The number of nitrogens with zero attached hydrogens (tertiary/aromatic N) is 4. The molecule has 6 nitrogen and oxygen atoms in total. The highest BCUT2D eigenvalue weighted by Gasteiger charge is 2.27. The molecule has 0 unspecified atom stereocenters. The fourth-order valence-corrected chi connectivity index (χ4v) is 4.34. The van der Waals surface area contributed by atoms with Crippen LogP contribution in [0.4, 0.5) is 0 Å². The van der Waals surface area contributed by atoms with Crippen molar-refractivity contribution in [1.82, 2.24) is 18.9 Å². The molecule has 1 aliphatic rings. The molecule has 0 spiro atoms. The minimum atomic E-state index is -3.16. The van der Waals surface area contributed by atoms with Crippen LogP contribution < -0.4 is 0 Å². The lowest BCUT2D eigenvalue weighted by Crippen LogP contribution is -2.38. The molecule has 0 bridgehead atoms. The van der Waals surface area contributed by atoms with Crippen molar-refractivity contribution in [1.29, 1.82) is 0 Å². The van der Waals surface area contributed by atoms with E-state index >= 15 is 0 Å². The van der Waals surface area contributed by atoms with Crippen molar-refractivity contribution in [3.05, 3.63) is 29.2 Å². The van der Waals surface area contributed by atoms with Crippen LogP contribution in [0.2, 0.25) is 0 Å². The van der Waals surface area contributed by atoms with Gasteiger partial charge >= 0.3 is 0 Å². The van der Waals surface area contributed by atoms with Crippen LogP contribution in [0.25, 0.3) is 5.65 Å². The molecule has 2 aromatic heterocycles. The highest BCUT2D eigenvalue weighted by Crippen LogP contribution is 2.22. The molecule has 7 heteroatoms. The second kappa shape index (κ2) is 5.38. The van der Waals surface area contributed by atoms with Crippen molar-refractivity contribution in [2.24, 2.45) is 0 Å². The average Bonchev–Trinajstić information content (AvgIpc) is 2.85. The third-order valence-electron chi connectivity index (χ3n) is 3.89. The Labute approximate surface area is 124 Å². The Hall–Kier alpha value is -1.47. The third kappa shape index (κ3) is 2.67. The number of aromatic nitrogens is 3. The summed E-state index contributed by atoms with van der Waals surface area (Å²) in [6, 6.07) is 1.94. The minimum absolute atomic E-state index is 0.232. The maximum Gasteiger partial charge on any atom is 0.214 e. The fraction of sp³-hybridized carbons (Fsp3) is 0.571. The Morgan fingerprint density at radius 2 is 2.19 bits per heavy atom. The number of hydrogen-bond acceptors (Lipinski definition) is 4. The van der Waals surface area contributed by atoms with Crippen LogP contribution in [0.5, 0.6) is 0 Å². The Kier molecular flexibility index (Phi) is 3.71. The fourth-order valence-electron chi connectivity index (χ4n) is 2.72. The molecule has 2 aromatic rings. The van der Waals surface area contributed by atoms with Gasteiger partial charge in [0.25, 0.3) is 0 Å². The van der Waals surface area contributed by atoms with E-state index in [2.05, 4.69) is 10.1 Å². The van der Waals surface area contributed by atoms with Gasteiger partial charge in [0.1, 0.15) is 0 Å².